The Kier molecular flexibility index (Phi) is 5.06. The summed E-state index contributed by atoms with van der Waals surface area (Å²) in [6.45, 7) is 6.87. The first-order chi connectivity index (χ1) is 9.92. The van der Waals surface area contributed by atoms with Crippen molar-refractivity contribution < 1.29 is 8.42 Å². The molecule has 1 heterocycles. The molecule has 3 nitrogen and oxygen atoms in total. The van der Waals surface area contributed by atoms with Gasteiger partial charge in [0.2, 0.25) is 0 Å². The van der Waals surface area contributed by atoms with E-state index < -0.39 is 9.84 Å². The van der Waals surface area contributed by atoms with Crippen LogP contribution in [0.3, 0.4) is 0 Å². The lowest BCUT2D eigenvalue weighted by Gasteiger charge is -2.07. The van der Waals surface area contributed by atoms with E-state index in [1.807, 2.05) is 19.1 Å². The van der Waals surface area contributed by atoms with Crippen LogP contribution in [0.2, 0.25) is 0 Å². The Morgan fingerprint density at radius 3 is 2.33 bits per heavy atom. The van der Waals surface area contributed by atoms with Crippen LogP contribution in [0.4, 0.5) is 5.69 Å². The van der Waals surface area contributed by atoms with E-state index in [0.717, 1.165) is 12.2 Å². The zero-order valence-electron chi connectivity index (χ0n) is 12.6. The van der Waals surface area contributed by atoms with Gasteiger partial charge in [0.1, 0.15) is 0 Å². The highest BCUT2D eigenvalue weighted by Crippen LogP contribution is 2.22. The van der Waals surface area contributed by atoms with Crippen LogP contribution >= 0.6 is 11.3 Å². The molecule has 21 heavy (non-hydrogen) atoms. The summed E-state index contributed by atoms with van der Waals surface area (Å²) in [6, 6.07) is 9.20. The number of anilines is 1. The first-order valence-corrected chi connectivity index (χ1v) is 9.52. The van der Waals surface area contributed by atoms with Gasteiger partial charge in [0.15, 0.2) is 9.84 Å². The first-order valence-electron chi connectivity index (χ1n) is 7.05. The summed E-state index contributed by atoms with van der Waals surface area (Å²) in [6.07, 6.45) is 0.638. The maximum atomic E-state index is 11.9. The Labute approximate surface area is 130 Å². The third-order valence-electron chi connectivity index (χ3n) is 3.37. The largest absolute Gasteiger partial charge is 0.380 e. The zero-order chi connectivity index (χ0) is 15.5. The van der Waals surface area contributed by atoms with Gasteiger partial charge in [-0.25, -0.2) is 8.42 Å². The molecule has 0 saturated heterocycles. The second-order valence-corrected chi connectivity index (χ2v) is 8.60. The van der Waals surface area contributed by atoms with Gasteiger partial charge in [-0.3, -0.25) is 0 Å². The maximum Gasteiger partial charge on any atom is 0.178 e. The quantitative estimate of drug-likeness (QED) is 0.868. The minimum absolute atomic E-state index is 0.202. The third kappa shape index (κ3) is 4.08. The lowest BCUT2D eigenvalue weighted by Crippen LogP contribution is -2.06. The van der Waals surface area contributed by atoms with Crippen molar-refractivity contribution in [3.05, 3.63) is 45.6 Å². The lowest BCUT2D eigenvalue weighted by atomic mass is 10.3. The second-order valence-electron chi connectivity index (χ2n) is 5.15. The van der Waals surface area contributed by atoms with Crippen molar-refractivity contribution in [1.82, 2.24) is 0 Å². The van der Waals surface area contributed by atoms with Crippen LogP contribution < -0.4 is 5.32 Å². The second kappa shape index (κ2) is 6.62. The maximum absolute atomic E-state index is 11.9. The van der Waals surface area contributed by atoms with E-state index in [2.05, 4.69) is 25.2 Å². The molecule has 0 bridgehead atoms. The summed E-state index contributed by atoms with van der Waals surface area (Å²) in [5, 5.41) is 3.33. The van der Waals surface area contributed by atoms with Crippen molar-refractivity contribution >= 4 is 26.9 Å². The predicted octanol–water partition coefficient (Wildman–Crippen LogP) is 4.16. The van der Waals surface area contributed by atoms with Gasteiger partial charge >= 0.3 is 0 Å². The Morgan fingerprint density at radius 2 is 1.81 bits per heavy atom. The van der Waals surface area contributed by atoms with E-state index in [1.54, 1.807) is 23.5 Å². The standard InChI is InChI=1S/C16H21NO2S2/c1-4-9-21(18,19)16-7-5-14(6-8-16)17-11-15-10-12(2)13(3)20-15/h5-8,10,17H,4,9,11H2,1-3H3. The zero-order valence-corrected chi connectivity index (χ0v) is 14.3. The van der Waals surface area contributed by atoms with Gasteiger partial charge in [-0.1, -0.05) is 6.92 Å². The molecule has 0 aliphatic rings. The molecule has 0 spiro atoms. The van der Waals surface area contributed by atoms with Crippen LogP contribution in [-0.2, 0) is 16.4 Å². The van der Waals surface area contributed by atoms with Gasteiger partial charge in [0.05, 0.1) is 10.6 Å². The predicted molar refractivity (Wildman–Crippen MR) is 89.9 cm³/mol. The van der Waals surface area contributed by atoms with Crippen LogP contribution in [-0.4, -0.2) is 14.2 Å². The number of sulfone groups is 1. The van der Waals surface area contributed by atoms with Crippen LogP contribution in [0, 0.1) is 13.8 Å². The smallest absolute Gasteiger partial charge is 0.178 e. The van der Waals surface area contributed by atoms with Gasteiger partial charge < -0.3 is 5.32 Å². The molecule has 0 atom stereocenters. The first kappa shape index (κ1) is 16.0. The fourth-order valence-corrected chi connectivity index (χ4v) is 4.41. The number of hydrogen-bond acceptors (Lipinski definition) is 4. The van der Waals surface area contributed by atoms with Gasteiger partial charge in [0.25, 0.3) is 0 Å². The van der Waals surface area contributed by atoms with E-state index in [4.69, 9.17) is 0 Å². The Morgan fingerprint density at radius 1 is 1.14 bits per heavy atom. The summed E-state index contributed by atoms with van der Waals surface area (Å²) in [4.78, 5) is 3.03. The number of nitrogens with one attached hydrogen (secondary N) is 1. The van der Waals surface area contributed by atoms with Crippen LogP contribution in [0.1, 0.15) is 28.7 Å². The van der Waals surface area contributed by atoms with Crippen molar-refractivity contribution in [2.45, 2.75) is 38.6 Å². The van der Waals surface area contributed by atoms with E-state index >= 15 is 0 Å². The Balaban J connectivity index is 2.03. The van der Waals surface area contributed by atoms with E-state index in [0.29, 0.717) is 11.3 Å². The minimum atomic E-state index is -3.12. The molecule has 2 rings (SSSR count). The molecular weight excluding hydrogens is 302 g/mol. The monoisotopic (exact) mass is 323 g/mol. The third-order valence-corrected chi connectivity index (χ3v) is 6.46. The van der Waals surface area contributed by atoms with Crippen LogP contribution in [0.5, 0.6) is 0 Å². The fraction of sp³-hybridized carbons (Fsp3) is 0.375. The number of benzene rings is 1. The van der Waals surface area contributed by atoms with E-state index in [-0.39, 0.29) is 5.75 Å². The summed E-state index contributed by atoms with van der Waals surface area (Å²) < 4.78 is 23.9. The Hall–Kier alpha value is -1.33. The van der Waals surface area contributed by atoms with Crippen molar-refractivity contribution in [2.75, 3.05) is 11.1 Å². The normalized spacial score (nSPS) is 11.6. The molecule has 1 N–H and O–H groups in total. The van der Waals surface area contributed by atoms with Crippen LogP contribution in [0.15, 0.2) is 35.2 Å². The number of thiophene rings is 1. The molecule has 0 saturated carbocycles. The van der Waals surface area contributed by atoms with E-state index in [1.165, 1.54) is 15.3 Å². The lowest BCUT2D eigenvalue weighted by molar-refractivity contribution is 0.595. The highest BCUT2D eigenvalue weighted by molar-refractivity contribution is 7.91. The molecule has 5 heteroatoms. The molecule has 0 aliphatic carbocycles. The van der Waals surface area contributed by atoms with Gasteiger partial charge in [-0.15, -0.1) is 11.3 Å². The number of aryl methyl sites for hydroxylation is 2. The molecule has 114 valence electrons. The average Bonchev–Trinajstić information content (AvgIpc) is 2.76. The summed E-state index contributed by atoms with van der Waals surface area (Å²) >= 11 is 1.79. The molecule has 1 aromatic heterocycles. The molecule has 0 unspecified atom stereocenters. The topological polar surface area (TPSA) is 46.2 Å². The highest BCUT2D eigenvalue weighted by atomic mass is 32.2. The van der Waals surface area contributed by atoms with Gasteiger partial charge in [-0.05, 0) is 56.2 Å². The molecule has 0 aliphatic heterocycles. The van der Waals surface area contributed by atoms with E-state index in [9.17, 15) is 8.42 Å². The fourth-order valence-electron chi connectivity index (χ4n) is 2.09. The molecule has 0 amide bonds. The summed E-state index contributed by atoms with van der Waals surface area (Å²) in [5.74, 6) is 0.202. The highest BCUT2D eigenvalue weighted by Gasteiger charge is 2.12. The molecular formula is C16H21NO2S2. The summed E-state index contributed by atoms with van der Waals surface area (Å²) in [7, 11) is -3.12. The van der Waals surface area contributed by atoms with Crippen molar-refractivity contribution in [1.29, 1.82) is 0 Å². The van der Waals surface area contributed by atoms with Crippen molar-refractivity contribution in [2.24, 2.45) is 0 Å². The van der Waals surface area contributed by atoms with Gasteiger partial charge in [-0.2, -0.15) is 0 Å². The molecule has 1 aromatic carbocycles. The number of hydrogen-bond donors (Lipinski definition) is 1. The number of rotatable bonds is 6. The van der Waals surface area contributed by atoms with Crippen molar-refractivity contribution in [3.8, 4) is 0 Å². The summed E-state index contributed by atoms with van der Waals surface area (Å²) in [5.41, 5.74) is 2.26. The molecule has 0 fully saturated rings. The minimum Gasteiger partial charge on any atom is -0.380 e. The van der Waals surface area contributed by atoms with Crippen molar-refractivity contribution in [3.63, 3.8) is 0 Å². The molecule has 0 radical (unpaired) electrons. The van der Waals surface area contributed by atoms with Crippen LogP contribution in [0.25, 0.3) is 0 Å². The SMILES string of the molecule is CCCS(=O)(=O)c1ccc(NCc2cc(C)c(C)s2)cc1. The van der Waals surface area contributed by atoms with Gasteiger partial charge in [0, 0.05) is 22.0 Å². The average molecular weight is 323 g/mol. The molecule has 2 aromatic rings. The Bertz CT molecular complexity index is 681.